The molecule has 0 bridgehead atoms. The number of rotatable bonds is 8. The minimum atomic E-state index is -0.292. The van der Waals surface area contributed by atoms with Crippen LogP contribution >= 0.6 is 0 Å². The van der Waals surface area contributed by atoms with E-state index in [0.717, 1.165) is 41.2 Å². The zero-order valence-corrected chi connectivity index (χ0v) is 21.1. The molecule has 37 heavy (non-hydrogen) atoms. The van der Waals surface area contributed by atoms with Gasteiger partial charge < -0.3 is 25.0 Å². The average Bonchev–Trinajstić information content (AvgIpc) is 3.58. The van der Waals surface area contributed by atoms with Crippen molar-refractivity contribution in [2.24, 2.45) is 0 Å². The highest BCUT2D eigenvalue weighted by Gasteiger charge is 2.32. The van der Waals surface area contributed by atoms with E-state index in [2.05, 4.69) is 10.6 Å². The van der Waals surface area contributed by atoms with Gasteiger partial charge in [-0.3, -0.25) is 4.79 Å². The molecule has 2 N–H and O–H groups in total. The van der Waals surface area contributed by atoms with Gasteiger partial charge in [-0.1, -0.05) is 42.5 Å². The van der Waals surface area contributed by atoms with Crippen LogP contribution in [0.25, 0.3) is 0 Å². The highest BCUT2D eigenvalue weighted by atomic mass is 16.5. The Morgan fingerprint density at radius 2 is 1.78 bits per heavy atom. The van der Waals surface area contributed by atoms with Crippen molar-refractivity contribution in [3.8, 4) is 11.5 Å². The van der Waals surface area contributed by atoms with Crippen molar-refractivity contribution in [1.29, 1.82) is 0 Å². The third-order valence-corrected chi connectivity index (χ3v) is 7.09. The number of amides is 3. The normalized spacial score (nSPS) is 17.6. The van der Waals surface area contributed by atoms with Gasteiger partial charge in [0.25, 0.3) is 0 Å². The second-order valence-electron chi connectivity index (χ2n) is 9.68. The molecule has 0 spiro atoms. The lowest BCUT2D eigenvalue weighted by molar-refractivity contribution is -0.117. The molecule has 2 fully saturated rings. The van der Waals surface area contributed by atoms with E-state index in [1.165, 1.54) is 12.8 Å². The van der Waals surface area contributed by atoms with E-state index in [0.29, 0.717) is 25.2 Å². The Bertz CT molecular complexity index is 1240. The van der Waals surface area contributed by atoms with Gasteiger partial charge in [-0.15, -0.1) is 0 Å². The summed E-state index contributed by atoms with van der Waals surface area (Å²) in [5.41, 5.74) is 3.50. The summed E-state index contributed by atoms with van der Waals surface area (Å²) < 4.78 is 11.8. The minimum Gasteiger partial charge on any atom is -0.493 e. The van der Waals surface area contributed by atoms with Crippen LogP contribution in [-0.4, -0.2) is 31.7 Å². The lowest BCUT2D eigenvalue weighted by Crippen LogP contribution is -2.28. The van der Waals surface area contributed by atoms with E-state index in [4.69, 9.17) is 9.47 Å². The van der Waals surface area contributed by atoms with Gasteiger partial charge in [0.2, 0.25) is 5.91 Å². The van der Waals surface area contributed by atoms with Crippen LogP contribution < -0.4 is 25.0 Å². The first kappa shape index (κ1) is 24.7. The number of urea groups is 1. The monoisotopic (exact) mass is 499 g/mol. The number of benzene rings is 3. The van der Waals surface area contributed by atoms with E-state index in [1.54, 1.807) is 12.0 Å². The Morgan fingerprint density at radius 1 is 0.973 bits per heavy atom. The first-order chi connectivity index (χ1) is 18.1. The summed E-state index contributed by atoms with van der Waals surface area (Å²) in [7, 11) is 1.65. The topological polar surface area (TPSA) is 79.9 Å². The maximum atomic E-state index is 13.0. The van der Waals surface area contributed by atoms with Gasteiger partial charge in [-0.05, 0) is 67.1 Å². The molecule has 0 radical (unpaired) electrons. The van der Waals surface area contributed by atoms with Crippen LogP contribution in [0.2, 0.25) is 0 Å². The van der Waals surface area contributed by atoms with Crippen LogP contribution in [-0.2, 0) is 11.3 Å². The minimum absolute atomic E-state index is 0.0510. The fraction of sp³-hybridized carbons (Fsp3) is 0.333. The predicted octanol–water partition coefficient (Wildman–Crippen LogP) is 5.86. The lowest BCUT2D eigenvalue weighted by atomic mass is 9.98. The van der Waals surface area contributed by atoms with Crippen molar-refractivity contribution in [2.45, 2.75) is 50.7 Å². The summed E-state index contributed by atoms with van der Waals surface area (Å²) in [6, 6.07) is 22.9. The van der Waals surface area contributed by atoms with E-state index >= 15 is 0 Å². The van der Waals surface area contributed by atoms with Crippen molar-refractivity contribution in [3.05, 3.63) is 83.9 Å². The Morgan fingerprint density at radius 3 is 2.57 bits per heavy atom. The van der Waals surface area contributed by atoms with Gasteiger partial charge in [-0.2, -0.15) is 0 Å². The van der Waals surface area contributed by atoms with E-state index < -0.39 is 0 Å². The maximum Gasteiger partial charge on any atom is 0.319 e. The average molecular weight is 500 g/mol. The first-order valence-corrected chi connectivity index (χ1v) is 12.9. The fourth-order valence-electron chi connectivity index (χ4n) is 5.11. The molecule has 1 saturated heterocycles. The maximum absolute atomic E-state index is 13.0. The predicted molar refractivity (Wildman–Crippen MR) is 144 cm³/mol. The third kappa shape index (κ3) is 6.05. The molecule has 1 heterocycles. The fourth-order valence-corrected chi connectivity index (χ4v) is 5.11. The van der Waals surface area contributed by atoms with Crippen molar-refractivity contribution in [1.82, 2.24) is 5.32 Å². The lowest BCUT2D eigenvalue weighted by Gasteiger charge is -2.20. The van der Waals surface area contributed by atoms with Crippen LogP contribution in [0.5, 0.6) is 11.5 Å². The molecule has 7 heteroatoms. The third-order valence-electron chi connectivity index (χ3n) is 7.09. The molecule has 2 aliphatic rings. The number of hydrogen-bond donors (Lipinski definition) is 2. The van der Waals surface area contributed by atoms with Gasteiger partial charge in [-0.25, -0.2) is 4.79 Å². The number of ether oxygens (including phenoxy) is 2. The highest BCUT2D eigenvalue weighted by molar-refractivity contribution is 5.97. The number of nitrogens with zero attached hydrogens (tertiary/aromatic N) is 1. The number of hydrogen-bond acceptors (Lipinski definition) is 4. The largest absolute Gasteiger partial charge is 0.493 e. The van der Waals surface area contributed by atoms with Crippen LogP contribution in [0.1, 0.15) is 49.1 Å². The summed E-state index contributed by atoms with van der Waals surface area (Å²) in [5.74, 6) is 1.59. The van der Waals surface area contributed by atoms with Crippen LogP contribution in [0, 0.1) is 0 Å². The van der Waals surface area contributed by atoms with Gasteiger partial charge >= 0.3 is 6.03 Å². The molecule has 3 aromatic carbocycles. The second-order valence-corrected chi connectivity index (χ2v) is 9.68. The molecular formula is C30H33N3O4. The molecule has 1 atom stereocenters. The summed E-state index contributed by atoms with van der Waals surface area (Å²) in [5, 5.41) is 5.73. The van der Waals surface area contributed by atoms with Gasteiger partial charge in [0.15, 0.2) is 11.5 Å². The molecule has 192 valence electrons. The van der Waals surface area contributed by atoms with E-state index in [1.807, 2.05) is 72.8 Å². The molecule has 5 rings (SSSR count). The molecule has 1 unspecified atom stereocenters. The Balaban J connectivity index is 1.24. The molecule has 3 amide bonds. The zero-order valence-electron chi connectivity index (χ0n) is 21.1. The van der Waals surface area contributed by atoms with Crippen molar-refractivity contribution < 1.29 is 19.1 Å². The molecule has 1 aliphatic carbocycles. The molecule has 7 nitrogen and oxygen atoms in total. The number of carbonyl (C=O) groups excluding carboxylic acids is 2. The van der Waals surface area contributed by atoms with Gasteiger partial charge in [0.1, 0.15) is 0 Å². The standard InChI is InChI=1S/C30H33N3O4/c1-36-27-15-14-22(16-28(27)37-26-12-5-6-13-26)23-17-29(34)33(20-23)25-11-7-10-24(18-25)32-30(35)31-19-21-8-3-2-4-9-21/h2-4,7-11,14-16,18,23,26H,5-6,12-13,17,19-20H2,1H3,(H2,31,32,35). The number of nitrogens with one attached hydrogen (secondary N) is 2. The number of anilines is 2. The summed E-state index contributed by atoms with van der Waals surface area (Å²) in [6.45, 7) is 1.00. The van der Waals surface area contributed by atoms with Crippen molar-refractivity contribution in [2.75, 3.05) is 23.9 Å². The quantitative estimate of drug-likeness (QED) is 0.407. The van der Waals surface area contributed by atoms with Gasteiger partial charge in [0.05, 0.1) is 13.2 Å². The second kappa shape index (κ2) is 11.4. The molecule has 1 saturated carbocycles. The SMILES string of the molecule is COc1ccc(C2CC(=O)N(c3cccc(NC(=O)NCc4ccccc4)c3)C2)cc1OC1CCCC1. The molecule has 1 aliphatic heterocycles. The Hall–Kier alpha value is -4.00. The van der Waals surface area contributed by atoms with Crippen molar-refractivity contribution >= 4 is 23.3 Å². The van der Waals surface area contributed by atoms with E-state index in [9.17, 15) is 9.59 Å². The van der Waals surface area contributed by atoms with Crippen LogP contribution in [0.4, 0.5) is 16.2 Å². The molecule has 0 aromatic heterocycles. The summed E-state index contributed by atoms with van der Waals surface area (Å²) in [4.78, 5) is 27.2. The summed E-state index contributed by atoms with van der Waals surface area (Å²) >= 11 is 0. The van der Waals surface area contributed by atoms with Crippen LogP contribution in [0.15, 0.2) is 72.8 Å². The molecular weight excluding hydrogens is 466 g/mol. The molecule has 3 aromatic rings. The Kier molecular flexibility index (Phi) is 7.59. The Labute approximate surface area is 217 Å². The zero-order chi connectivity index (χ0) is 25.6. The number of carbonyl (C=O) groups is 2. The first-order valence-electron chi connectivity index (χ1n) is 12.9. The highest BCUT2D eigenvalue weighted by Crippen LogP contribution is 2.38. The van der Waals surface area contributed by atoms with Crippen LogP contribution in [0.3, 0.4) is 0 Å². The number of methoxy groups -OCH3 is 1. The van der Waals surface area contributed by atoms with Gasteiger partial charge in [0, 0.05) is 36.8 Å². The summed E-state index contributed by atoms with van der Waals surface area (Å²) in [6.07, 6.45) is 5.17. The van der Waals surface area contributed by atoms with Crippen molar-refractivity contribution in [3.63, 3.8) is 0 Å². The smallest absolute Gasteiger partial charge is 0.319 e. The van der Waals surface area contributed by atoms with E-state index in [-0.39, 0.29) is 24.0 Å².